The second kappa shape index (κ2) is 8.05. The minimum Gasteiger partial charge on any atom is -0.494 e. The molecule has 0 bridgehead atoms. The molecule has 6 heteroatoms. The zero-order chi connectivity index (χ0) is 18.5. The standard InChI is InChI=1S/C21H18N4OS/c1-26-19-15-9-8-14-18(19)25-21(22-23-24-25)27-20(16-10-4-2-5-11-16)17-12-6-3-7-13-17/h2-15,20H,1H3. The number of rotatable bonds is 6. The Morgan fingerprint density at radius 1 is 0.815 bits per heavy atom. The van der Waals surface area contributed by atoms with E-state index in [9.17, 15) is 0 Å². The normalized spacial score (nSPS) is 10.9. The molecule has 1 heterocycles. The molecule has 4 aromatic rings. The zero-order valence-electron chi connectivity index (χ0n) is 14.8. The highest BCUT2D eigenvalue weighted by molar-refractivity contribution is 7.99. The Kier molecular flexibility index (Phi) is 5.16. The van der Waals surface area contributed by atoms with Crippen molar-refractivity contribution in [3.8, 4) is 11.4 Å². The number of methoxy groups -OCH3 is 1. The van der Waals surface area contributed by atoms with Crippen molar-refractivity contribution in [3.63, 3.8) is 0 Å². The first kappa shape index (κ1) is 17.3. The molecule has 3 aromatic carbocycles. The van der Waals surface area contributed by atoms with Gasteiger partial charge in [0, 0.05) is 0 Å². The van der Waals surface area contributed by atoms with Gasteiger partial charge in [0.1, 0.15) is 11.4 Å². The maximum absolute atomic E-state index is 5.47. The van der Waals surface area contributed by atoms with Crippen molar-refractivity contribution in [2.24, 2.45) is 0 Å². The number of para-hydroxylation sites is 2. The molecule has 0 radical (unpaired) electrons. The monoisotopic (exact) mass is 374 g/mol. The van der Waals surface area contributed by atoms with E-state index in [1.54, 1.807) is 23.6 Å². The van der Waals surface area contributed by atoms with E-state index in [1.165, 1.54) is 11.1 Å². The molecule has 134 valence electrons. The van der Waals surface area contributed by atoms with Gasteiger partial charge in [-0.2, -0.15) is 4.68 Å². The van der Waals surface area contributed by atoms with Crippen LogP contribution in [0.5, 0.6) is 5.75 Å². The first-order valence-electron chi connectivity index (χ1n) is 8.55. The first-order chi connectivity index (χ1) is 13.4. The van der Waals surface area contributed by atoms with Gasteiger partial charge in [0.05, 0.1) is 12.4 Å². The summed E-state index contributed by atoms with van der Waals surface area (Å²) in [5.74, 6) is 0.725. The van der Waals surface area contributed by atoms with Gasteiger partial charge in [-0.05, 0) is 33.7 Å². The highest BCUT2D eigenvalue weighted by Crippen LogP contribution is 2.40. The minimum absolute atomic E-state index is 0.0758. The van der Waals surface area contributed by atoms with E-state index in [0.717, 1.165) is 11.4 Å². The second-order valence-corrected chi connectivity index (χ2v) is 6.94. The molecule has 0 aliphatic rings. The zero-order valence-corrected chi connectivity index (χ0v) is 15.6. The van der Waals surface area contributed by atoms with Crippen molar-refractivity contribution in [2.45, 2.75) is 10.4 Å². The Morgan fingerprint density at radius 3 is 2.04 bits per heavy atom. The fourth-order valence-corrected chi connectivity index (χ4v) is 4.01. The third kappa shape index (κ3) is 3.71. The molecule has 0 saturated carbocycles. The molecule has 0 N–H and O–H groups in total. The van der Waals surface area contributed by atoms with Crippen LogP contribution in [0, 0.1) is 0 Å². The van der Waals surface area contributed by atoms with Gasteiger partial charge in [0.25, 0.3) is 0 Å². The van der Waals surface area contributed by atoms with Crippen LogP contribution in [0.1, 0.15) is 16.4 Å². The maximum Gasteiger partial charge on any atom is 0.215 e. The number of ether oxygens (including phenoxy) is 1. The van der Waals surface area contributed by atoms with Crippen LogP contribution in [0.15, 0.2) is 90.1 Å². The van der Waals surface area contributed by atoms with Gasteiger partial charge < -0.3 is 4.74 Å². The summed E-state index contributed by atoms with van der Waals surface area (Å²) in [6.45, 7) is 0. The fraction of sp³-hybridized carbons (Fsp3) is 0.0952. The largest absolute Gasteiger partial charge is 0.494 e. The average Bonchev–Trinajstić information content (AvgIpc) is 3.21. The number of aromatic nitrogens is 4. The Balaban J connectivity index is 1.75. The predicted octanol–water partition coefficient (Wildman–Crippen LogP) is 4.55. The summed E-state index contributed by atoms with van der Waals surface area (Å²) in [6, 6.07) is 28.5. The Morgan fingerprint density at radius 2 is 1.41 bits per heavy atom. The Hall–Kier alpha value is -3.12. The van der Waals surface area contributed by atoms with Gasteiger partial charge in [-0.25, -0.2) is 0 Å². The smallest absolute Gasteiger partial charge is 0.215 e. The molecule has 5 nitrogen and oxygen atoms in total. The van der Waals surface area contributed by atoms with E-state index in [2.05, 4.69) is 64.1 Å². The van der Waals surface area contributed by atoms with Gasteiger partial charge in [-0.1, -0.05) is 84.6 Å². The van der Waals surface area contributed by atoms with Crippen molar-refractivity contribution < 1.29 is 4.74 Å². The Labute approximate surface area is 162 Å². The van der Waals surface area contributed by atoms with Gasteiger partial charge in [-0.3, -0.25) is 0 Å². The van der Waals surface area contributed by atoms with Gasteiger partial charge in [0.15, 0.2) is 0 Å². The summed E-state index contributed by atoms with van der Waals surface area (Å²) in [6.07, 6.45) is 0. The molecule has 0 spiro atoms. The molecular formula is C21H18N4OS. The molecule has 0 amide bonds. The highest BCUT2D eigenvalue weighted by atomic mass is 32.2. The number of nitrogens with zero attached hydrogens (tertiary/aromatic N) is 4. The van der Waals surface area contributed by atoms with Gasteiger partial charge >= 0.3 is 0 Å². The average molecular weight is 374 g/mol. The van der Waals surface area contributed by atoms with Gasteiger partial charge in [0.2, 0.25) is 5.16 Å². The SMILES string of the molecule is COc1ccccc1-n1nnnc1SC(c1ccccc1)c1ccccc1. The lowest BCUT2D eigenvalue weighted by Gasteiger charge is -2.17. The van der Waals surface area contributed by atoms with Crippen molar-refractivity contribution in [2.75, 3.05) is 7.11 Å². The molecule has 1 aromatic heterocycles. The van der Waals surface area contributed by atoms with E-state index < -0.39 is 0 Å². The molecule has 27 heavy (non-hydrogen) atoms. The predicted molar refractivity (Wildman–Crippen MR) is 106 cm³/mol. The summed E-state index contributed by atoms with van der Waals surface area (Å²) < 4.78 is 7.20. The van der Waals surface area contributed by atoms with Gasteiger partial charge in [-0.15, -0.1) is 5.10 Å². The number of tetrazole rings is 1. The van der Waals surface area contributed by atoms with E-state index >= 15 is 0 Å². The third-order valence-electron chi connectivity index (χ3n) is 4.18. The fourth-order valence-electron chi connectivity index (χ4n) is 2.90. The topological polar surface area (TPSA) is 52.8 Å². The number of thioether (sulfide) groups is 1. The van der Waals surface area contributed by atoms with Crippen LogP contribution in [0.4, 0.5) is 0 Å². The summed E-state index contributed by atoms with van der Waals surface area (Å²) in [5.41, 5.74) is 3.21. The molecular weight excluding hydrogens is 356 g/mol. The van der Waals surface area contributed by atoms with Crippen LogP contribution in [-0.2, 0) is 0 Å². The molecule has 0 fully saturated rings. The first-order valence-corrected chi connectivity index (χ1v) is 9.43. The van der Waals surface area contributed by atoms with Crippen LogP contribution in [-0.4, -0.2) is 27.3 Å². The van der Waals surface area contributed by atoms with Crippen LogP contribution in [0.2, 0.25) is 0 Å². The molecule has 0 aliphatic carbocycles. The number of hydrogen-bond acceptors (Lipinski definition) is 5. The van der Waals surface area contributed by atoms with E-state index in [1.807, 2.05) is 36.4 Å². The van der Waals surface area contributed by atoms with Crippen molar-refractivity contribution in [1.29, 1.82) is 0 Å². The van der Waals surface area contributed by atoms with Crippen molar-refractivity contribution in [1.82, 2.24) is 20.2 Å². The summed E-state index contributed by atoms with van der Waals surface area (Å²) in [5, 5.41) is 13.1. The minimum atomic E-state index is 0.0758. The lowest BCUT2D eigenvalue weighted by molar-refractivity contribution is 0.410. The van der Waals surface area contributed by atoms with Crippen LogP contribution >= 0.6 is 11.8 Å². The molecule has 0 aliphatic heterocycles. The van der Waals surface area contributed by atoms with Crippen LogP contribution in [0.3, 0.4) is 0 Å². The van der Waals surface area contributed by atoms with E-state index in [-0.39, 0.29) is 5.25 Å². The summed E-state index contributed by atoms with van der Waals surface area (Å²) in [7, 11) is 1.65. The number of hydrogen-bond donors (Lipinski definition) is 0. The maximum atomic E-state index is 5.47. The molecule has 0 atom stereocenters. The van der Waals surface area contributed by atoms with Crippen molar-refractivity contribution >= 4 is 11.8 Å². The van der Waals surface area contributed by atoms with Crippen molar-refractivity contribution in [3.05, 3.63) is 96.1 Å². The lowest BCUT2D eigenvalue weighted by atomic mass is 10.0. The number of benzene rings is 3. The third-order valence-corrected chi connectivity index (χ3v) is 5.43. The Bertz CT molecular complexity index is 965. The van der Waals surface area contributed by atoms with Crippen LogP contribution < -0.4 is 4.74 Å². The molecule has 4 rings (SSSR count). The van der Waals surface area contributed by atoms with E-state index in [0.29, 0.717) is 5.16 Å². The second-order valence-electron chi connectivity index (χ2n) is 5.86. The summed E-state index contributed by atoms with van der Waals surface area (Å²) >= 11 is 1.61. The highest BCUT2D eigenvalue weighted by Gasteiger charge is 2.21. The molecule has 0 unspecified atom stereocenters. The lowest BCUT2D eigenvalue weighted by Crippen LogP contribution is -2.04. The summed E-state index contributed by atoms with van der Waals surface area (Å²) in [4.78, 5) is 0. The van der Waals surface area contributed by atoms with E-state index in [4.69, 9.17) is 4.74 Å². The van der Waals surface area contributed by atoms with Crippen LogP contribution in [0.25, 0.3) is 5.69 Å². The molecule has 0 saturated heterocycles. The quantitative estimate of drug-likeness (QED) is 0.463.